The molecule has 0 bridgehead atoms. The summed E-state index contributed by atoms with van der Waals surface area (Å²) in [6.07, 6.45) is 15.4. The Kier molecular flexibility index (Phi) is 10.4. The third kappa shape index (κ3) is 7.05. The van der Waals surface area contributed by atoms with Gasteiger partial charge in [-0.15, -0.1) is 0 Å². The van der Waals surface area contributed by atoms with E-state index in [0.717, 1.165) is 31.2 Å². The van der Waals surface area contributed by atoms with Crippen molar-refractivity contribution >= 4 is 22.9 Å². The molecule has 8 nitrogen and oxygen atoms in total. The van der Waals surface area contributed by atoms with Crippen LogP contribution in [0.25, 0.3) is 11.0 Å². The molecule has 2 aromatic heterocycles. The van der Waals surface area contributed by atoms with Gasteiger partial charge in [0, 0.05) is 19.3 Å². The van der Waals surface area contributed by atoms with Crippen LogP contribution in [0.15, 0.2) is 28.0 Å². The second-order valence-corrected chi connectivity index (χ2v) is 9.08. The number of unbranched alkanes of at least 4 members (excludes halogenated alkanes) is 10. The molecule has 0 aliphatic heterocycles. The number of H-pyrrole nitrogens is 1. The van der Waals surface area contributed by atoms with Gasteiger partial charge >= 0.3 is 0 Å². The highest BCUT2D eigenvalue weighted by Gasteiger charge is 2.18. The monoisotopic (exact) mass is 468 g/mol. The average molecular weight is 469 g/mol. The molecule has 0 fully saturated rings. The smallest absolute Gasteiger partial charge is 0.279 e. The number of hydrogen-bond donors (Lipinski definition) is 2. The molecule has 186 valence electrons. The highest BCUT2D eigenvalue weighted by Crippen LogP contribution is 2.20. The van der Waals surface area contributed by atoms with Crippen LogP contribution in [0.1, 0.15) is 96.5 Å². The largest absolute Gasteiger partial charge is 0.493 e. The molecule has 34 heavy (non-hydrogen) atoms. The minimum Gasteiger partial charge on any atom is -0.493 e. The molecular formula is C26H40N6O2. The number of nitrogens with one attached hydrogen (secondary N) is 1. The van der Waals surface area contributed by atoms with Gasteiger partial charge in [-0.2, -0.15) is 15.4 Å². The summed E-state index contributed by atoms with van der Waals surface area (Å²) in [6.45, 7) is 5.69. The zero-order chi connectivity index (χ0) is 24.2. The van der Waals surface area contributed by atoms with E-state index >= 15 is 0 Å². The summed E-state index contributed by atoms with van der Waals surface area (Å²) >= 11 is 0. The average Bonchev–Trinajstić information content (AvgIpc) is 3.39. The quantitative estimate of drug-likeness (QED) is 0.196. The lowest BCUT2D eigenvalue weighted by Crippen LogP contribution is -2.24. The van der Waals surface area contributed by atoms with Crippen LogP contribution in [0.2, 0.25) is 0 Å². The van der Waals surface area contributed by atoms with Crippen LogP contribution in [-0.4, -0.2) is 36.1 Å². The summed E-state index contributed by atoms with van der Waals surface area (Å²) in [4.78, 5) is 17.7. The lowest BCUT2D eigenvalue weighted by atomic mass is 10.1. The van der Waals surface area contributed by atoms with Crippen molar-refractivity contribution in [3.63, 3.8) is 0 Å². The highest BCUT2D eigenvalue weighted by molar-refractivity contribution is 5.86. The van der Waals surface area contributed by atoms with Gasteiger partial charge in [-0.25, -0.2) is 4.68 Å². The zero-order valence-electron chi connectivity index (χ0n) is 20.8. The standard InChI is InChI=1S/C26H40N6O2/c1-3-5-7-9-11-13-17-31-25(33)22(26(34)32(31)18-14-12-10-8-6-4-2)20-27-21-15-16-23-24(19-21)29-30-28-23/h15-16,19-20,33H,3-14,17-18H2,1-2H3,(H,28,29,30). The molecule has 0 aliphatic carbocycles. The van der Waals surface area contributed by atoms with E-state index in [1.807, 2.05) is 12.1 Å². The molecule has 0 radical (unpaired) electrons. The first-order valence-corrected chi connectivity index (χ1v) is 13.0. The Bertz CT molecular complexity index is 1090. The van der Waals surface area contributed by atoms with E-state index in [1.165, 1.54) is 57.6 Å². The van der Waals surface area contributed by atoms with E-state index in [0.29, 0.717) is 24.3 Å². The molecule has 1 aromatic carbocycles. The Labute approximate surface area is 202 Å². The predicted molar refractivity (Wildman–Crippen MR) is 138 cm³/mol. The van der Waals surface area contributed by atoms with Gasteiger partial charge in [0.1, 0.15) is 16.6 Å². The molecule has 2 heterocycles. The number of benzene rings is 1. The molecule has 0 spiro atoms. The summed E-state index contributed by atoms with van der Waals surface area (Å²) in [5, 5.41) is 21.7. The van der Waals surface area contributed by atoms with Gasteiger partial charge in [0.05, 0.1) is 5.69 Å². The van der Waals surface area contributed by atoms with Gasteiger partial charge in [-0.1, -0.05) is 78.1 Å². The van der Waals surface area contributed by atoms with Gasteiger partial charge in [-0.3, -0.25) is 14.5 Å². The fourth-order valence-electron chi connectivity index (χ4n) is 4.29. The van der Waals surface area contributed by atoms with E-state index < -0.39 is 0 Å². The maximum atomic E-state index is 13.2. The summed E-state index contributed by atoms with van der Waals surface area (Å²) < 4.78 is 3.47. The number of hydrogen-bond acceptors (Lipinski definition) is 5. The van der Waals surface area contributed by atoms with Crippen molar-refractivity contribution < 1.29 is 5.11 Å². The molecule has 0 saturated heterocycles. The molecule has 0 saturated carbocycles. The van der Waals surface area contributed by atoms with Crippen LogP contribution in [0.3, 0.4) is 0 Å². The molecule has 3 aromatic rings. The van der Waals surface area contributed by atoms with Gasteiger partial charge in [0.25, 0.3) is 5.56 Å². The second-order valence-electron chi connectivity index (χ2n) is 9.08. The predicted octanol–water partition coefficient (Wildman–Crippen LogP) is 6.10. The summed E-state index contributed by atoms with van der Waals surface area (Å²) in [5.41, 5.74) is 2.19. The number of rotatable bonds is 16. The fraction of sp³-hybridized carbons (Fsp3) is 0.615. The van der Waals surface area contributed by atoms with Crippen LogP contribution in [0.4, 0.5) is 5.69 Å². The number of aromatic amines is 1. The molecule has 2 N–H and O–H groups in total. The molecule has 0 aliphatic rings. The van der Waals surface area contributed by atoms with E-state index in [2.05, 4.69) is 34.3 Å². The van der Waals surface area contributed by atoms with Gasteiger partial charge in [-0.05, 0) is 31.0 Å². The normalized spacial score (nSPS) is 11.8. The summed E-state index contributed by atoms with van der Waals surface area (Å²) in [7, 11) is 0. The van der Waals surface area contributed by atoms with Crippen molar-refractivity contribution in [2.75, 3.05) is 0 Å². The number of aromatic nitrogens is 5. The zero-order valence-corrected chi connectivity index (χ0v) is 20.8. The Balaban J connectivity index is 1.73. The first-order valence-electron chi connectivity index (χ1n) is 13.0. The van der Waals surface area contributed by atoms with Gasteiger partial charge in [0.15, 0.2) is 0 Å². The van der Waals surface area contributed by atoms with E-state index in [1.54, 1.807) is 15.4 Å². The van der Waals surface area contributed by atoms with Crippen molar-refractivity contribution in [3.05, 3.63) is 34.1 Å². The third-order valence-electron chi connectivity index (χ3n) is 6.33. The summed E-state index contributed by atoms with van der Waals surface area (Å²) in [5.74, 6) is 0.0100. The number of fused-ring (bicyclic) bond motifs is 1. The Morgan fingerprint density at radius 1 is 0.853 bits per heavy atom. The first kappa shape index (κ1) is 25.7. The van der Waals surface area contributed by atoms with Gasteiger partial charge < -0.3 is 5.11 Å². The third-order valence-corrected chi connectivity index (χ3v) is 6.33. The SMILES string of the molecule is CCCCCCCCn1c(O)c(C=Nc2ccc3n[nH]nc3c2)c(=O)n1CCCCCCCC. The maximum absolute atomic E-state index is 13.2. The Morgan fingerprint density at radius 3 is 2.12 bits per heavy atom. The van der Waals surface area contributed by atoms with Crippen LogP contribution < -0.4 is 5.56 Å². The molecule has 0 atom stereocenters. The molecule has 0 amide bonds. The van der Waals surface area contributed by atoms with E-state index in [4.69, 9.17) is 0 Å². The van der Waals surface area contributed by atoms with Crippen LogP contribution in [0, 0.1) is 0 Å². The first-order chi connectivity index (χ1) is 16.7. The van der Waals surface area contributed by atoms with Crippen LogP contribution in [-0.2, 0) is 13.1 Å². The van der Waals surface area contributed by atoms with Gasteiger partial charge in [0.2, 0.25) is 5.88 Å². The van der Waals surface area contributed by atoms with Crippen molar-refractivity contribution in [2.24, 2.45) is 4.99 Å². The topological polar surface area (TPSA) is 101 Å². The number of aromatic hydroxyl groups is 1. The second kappa shape index (κ2) is 13.7. The van der Waals surface area contributed by atoms with Crippen molar-refractivity contribution in [3.8, 4) is 5.88 Å². The number of nitrogens with zero attached hydrogens (tertiary/aromatic N) is 5. The van der Waals surface area contributed by atoms with Crippen LogP contribution >= 0.6 is 0 Å². The summed E-state index contributed by atoms with van der Waals surface area (Å²) in [6, 6.07) is 5.45. The lowest BCUT2D eigenvalue weighted by Gasteiger charge is -2.12. The number of aliphatic imine (C=N–C) groups is 1. The molecule has 8 heteroatoms. The highest BCUT2D eigenvalue weighted by atomic mass is 16.3. The Hall–Kier alpha value is -2.90. The van der Waals surface area contributed by atoms with Crippen molar-refractivity contribution in [1.82, 2.24) is 24.8 Å². The van der Waals surface area contributed by atoms with Crippen LogP contribution in [0.5, 0.6) is 5.88 Å². The van der Waals surface area contributed by atoms with E-state index in [9.17, 15) is 9.90 Å². The minimum absolute atomic E-state index is 0.0100. The fourth-order valence-corrected chi connectivity index (χ4v) is 4.29. The van der Waals surface area contributed by atoms with Crippen molar-refractivity contribution in [1.29, 1.82) is 0 Å². The minimum atomic E-state index is -0.177. The van der Waals surface area contributed by atoms with E-state index in [-0.39, 0.29) is 17.0 Å². The Morgan fingerprint density at radius 2 is 1.44 bits per heavy atom. The maximum Gasteiger partial charge on any atom is 0.279 e. The lowest BCUT2D eigenvalue weighted by molar-refractivity contribution is 0.338. The molecular weight excluding hydrogens is 428 g/mol. The molecule has 0 unspecified atom stereocenters. The molecule has 3 rings (SSSR count). The van der Waals surface area contributed by atoms with Crippen molar-refractivity contribution in [2.45, 2.75) is 104 Å².